The first kappa shape index (κ1) is 28.5. The minimum atomic E-state index is -1.36. The van der Waals surface area contributed by atoms with Crippen molar-refractivity contribution in [2.75, 3.05) is 0 Å². The third-order valence-corrected chi connectivity index (χ3v) is 20.9. The molecular formula is C28H24Br4S4Si2. The van der Waals surface area contributed by atoms with Gasteiger partial charge in [-0.05, 0) is 75.9 Å². The molecule has 0 nitrogen and oxygen atoms in total. The molecule has 0 unspecified atom stereocenters. The standard InChI is InChI=1S/C28H24Br4S4Si2/c1-37(2,3)13-7-9-15-17(11-13)33-23(19(15)29)25-21(31)27-28(35-25)22(32)26(36-27)24-20(30)16-10-8-14(38(4,5)6)12-18(16)34-24/h7-12H,1-6H3. The van der Waals surface area contributed by atoms with E-state index >= 15 is 0 Å². The van der Waals surface area contributed by atoms with E-state index in [0.29, 0.717) is 0 Å². The number of hydrogen-bond donors (Lipinski definition) is 0. The lowest BCUT2D eigenvalue weighted by Crippen LogP contribution is -2.37. The molecule has 0 aliphatic heterocycles. The van der Waals surface area contributed by atoms with Crippen LogP contribution in [-0.2, 0) is 0 Å². The van der Waals surface area contributed by atoms with E-state index in [1.807, 2.05) is 45.3 Å². The average Bonchev–Trinajstić information content (AvgIpc) is 3.54. The minimum absolute atomic E-state index is 1.20. The summed E-state index contributed by atoms with van der Waals surface area (Å²) < 4.78 is 10.2. The molecule has 4 aromatic heterocycles. The number of rotatable bonds is 4. The lowest BCUT2D eigenvalue weighted by Gasteiger charge is -2.16. The SMILES string of the molecule is C[Si](C)(C)c1ccc2c(Br)c(-c3sc4c(Br)c(-c5sc6cc([Si](C)(C)C)ccc6c5Br)sc4c3Br)sc2c1. The molecule has 0 saturated heterocycles. The zero-order chi connectivity index (χ0) is 27.3. The first-order valence-electron chi connectivity index (χ1n) is 12.1. The van der Waals surface area contributed by atoms with Gasteiger partial charge in [0.2, 0.25) is 0 Å². The molecular weight excluding hydrogens is 840 g/mol. The fourth-order valence-electron chi connectivity index (χ4n) is 4.53. The van der Waals surface area contributed by atoms with Gasteiger partial charge in [-0.2, -0.15) is 0 Å². The van der Waals surface area contributed by atoms with Crippen LogP contribution in [0.1, 0.15) is 0 Å². The van der Waals surface area contributed by atoms with Crippen molar-refractivity contribution in [2.45, 2.75) is 39.3 Å². The van der Waals surface area contributed by atoms with Crippen LogP contribution in [0.25, 0.3) is 49.1 Å². The number of thiophene rings is 4. The largest absolute Gasteiger partial charge is 0.133 e. The summed E-state index contributed by atoms with van der Waals surface area (Å²) in [5.41, 5.74) is 0. The van der Waals surface area contributed by atoms with Crippen molar-refractivity contribution >= 4 is 165 Å². The zero-order valence-electron chi connectivity index (χ0n) is 21.6. The summed E-state index contributed by atoms with van der Waals surface area (Å²) in [6.07, 6.45) is 0. The maximum Gasteiger partial charge on any atom is 0.0776 e. The lowest BCUT2D eigenvalue weighted by molar-refractivity contribution is 1.73. The predicted octanol–water partition coefficient (Wildman–Crippen LogP) is 12.9. The Morgan fingerprint density at radius 3 is 1.16 bits per heavy atom. The summed E-state index contributed by atoms with van der Waals surface area (Å²) in [4.78, 5) is 5.22. The molecule has 6 aromatic rings. The Kier molecular flexibility index (Phi) is 7.49. The summed E-state index contributed by atoms with van der Waals surface area (Å²) in [7, 11) is -2.72. The van der Waals surface area contributed by atoms with Crippen LogP contribution >= 0.6 is 109 Å². The van der Waals surface area contributed by atoms with E-state index in [9.17, 15) is 0 Å². The molecule has 38 heavy (non-hydrogen) atoms. The summed E-state index contributed by atoms with van der Waals surface area (Å²) in [6.45, 7) is 14.5. The highest BCUT2D eigenvalue weighted by atomic mass is 79.9. The highest BCUT2D eigenvalue weighted by Crippen LogP contribution is 2.57. The molecule has 4 heterocycles. The molecule has 0 atom stereocenters. The van der Waals surface area contributed by atoms with Crippen LogP contribution in [0.5, 0.6) is 0 Å². The quantitative estimate of drug-likeness (QED) is 0.155. The van der Waals surface area contributed by atoms with Gasteiger partial charge < -0.3 is 0 Å². The average molecular weight is 865 g/mol. The van der Waals surface area contributed by atoms with Crippen LogP contribution in [0.2, 0.25) is 39.3 Å². The van der Waals surface area contributed by atoms with Crippen LogP contribution in [0, 0.1) is 0 Å². The molecule has 6 rings (SSSR count). The molecule has 0 radical (unpaired) electrons. The van der Waals surface area contributed by atoms with Gasteiger partial charge in [-0.3, -0.25) is 0 Å². The molecule has 2 aromatic carbocycles. The van der Waals surface area contributed by atoms with Gasteiger partial charge in [0.1, 0.15) is 0 Å². The van der Waals surface area contributed by atoms with Gasteiger partial charge in [0.15, 0.2) is 0 Å². The maximum atomic E-state index is 4.02. The van der Waals surface area contributed by atoms with Crippen molar-refractivity contribution in [3.8, 4) is 19.5 Å². The molecule has 0 aliphatic carbocycles. The summed E-state index contributed by atoms with van der Waals surface area (Å²) >= 11 is 23.5. The predicted molar refractivity (Wildman–Crippen MR) is 198 cm³/mol. The van der Waals surface area contributed by atoms with Crippen LogP contribution in [-0.4, -0.2) is 16.1 Å². The molecule has 196 valence electrons. The molecule has 0 saturated carbocycles. The second-order valence-corrected chi connectivity index (χ2v) is 29.0. The summed E-state index contributed by atoms with van der Waals surface area (Å²) in [5, 5.41) is 5.63. The van der Waals surface area contributed by atoms with Gasteiger partial charge in [0.05, 0.1) is 54.0 Å². The van der Waals surface area contributed by atoms with E-state index in [1.165, 1.54) is 77.3 Å². The second kappa shape index (κ2) is 9.98. The van der Waals surface area contributed by atoms with Gasteiger partial charge >= 0.3 is 0 Å². The molecule has 0 N–H and O–H groups in total. The molecule has 0 amide bonds. The van der Waals surface area contributed by atoms with Gasteiger partial charge in [0, 0.05) is 29.1 Å². The number of halogens is 4. The first-order valence-corrected chi connectivity index (χ1v) is 25.6. The Labute approximate surface area is 275 Å². The van der Waals surface area contributed by atoms with E-state index in [2.05, 4.69) is 139 Å². The molecule has 0 bridgehead atoms. The van der Waals surface area contributed by atoms with E-state index in [0.717, 1.165) is 0 Å². The van der Waals surface area contributed by atoms with Crippen molar-refractivity contribution in [2.24, 2.45) is 0 Å². The lowest BCUT2D eigenvalue weighted by atomic mass is 10.2. The zero-order valence-corrected chi connectivity index (χ0v) is 33.2. The van der Waals surface area contributed by atoms with Crippen molar-refractivity contribution in [3.63, 3.8) is 0 Å². The van der Waals surface area contributed by atoms with Crippen molar-refractivity contribution in [3.05, 3.63) is 54.3 Å². The number of benzene rings is 2. The number of hydrogen-bond acceptors (Lipinski definition) is 4. The Hall–Kier alpha value is 0.374. The normalized spacial score (nSPS) is 13.0. The summed E-state index contributed by atoms with van der Waals surface area (Å²) in [6, 6.07) is 14.1. The van der Waals surface area contributed by atoms with Crippen LogP contribution in [0.3, 0.4) is 0 Å². The Morgan fingerprint density at radius 2 is 0.816 bits per heavy atom. The van der Waals surface area contributed by atoms with Crippen LogP contribution < -0.4 is 10.4 Å². The van der Waals surface area contributed by atoms with Gasteiger partial charge in [0.25, 0.3) is 0 Å². The Morgan fingerprint density at radius 1 is 0.474 bits per heavy atom. The third kappa shape index (κ3) is 4.70. The topological polar surface area (TPSA) is 0 Å². The van der Waals surface area contributed by atoms with E-state index in [1.54, 1.807) is 0 Å². The first-order chi connectivity index (χ1) is 17.8. The second-order valence-electron chi connectivity index (χ2n) is 11.6. The van der Waals surface area contributed by atoms with Crippen molar-refractivity contribution in [1.82, 2.24) is 0 Å². The Bertz CT molecular complexity index is 1760. The van der Waals surface area contributed by atoms with E-state index < -0.39 is 16.1 Å². The highest BCUT2D eigenvalue weighted by Gasteiger charge is 2.26. The molecule has 0 aliphatic rings. The van der Waals surface area contributed by atoms with Crippen molar-refractivity contribution in [1.29, 1.82) is 0 Å². The monoisotopic (exact) mass is 860 g/mol. The molecule has 10 heteroatoms. The molecule has 0 spiro atoms. The summed E-state index contributed by atoms with van der Waals surface area (Å²) in [5.74, 6) is 0. The minimum Gasteiger partial charge on any atom is -0.133 e. The molecule has 0 fully saturated rings. The maximum absolute atomic E-state index is 4.02. The van der Waals surface area contributed by atoms with Crippen LogP contribution in [0.15, 0.2) is 54.3 Å². The smallest absolute Gasteiger partial charge is 0.0776 e. The van der Waals surface area contributed by atoms with Gasteiger partial charge in [-0.25, -0.2) is 0 Å². The van der Waals surface area contributed by atoms with Crippen LogP contribution in [0.4, 0.5) is 0 Å². The van der Waals surface area contributed by atoms with E-state index in [4.69, 9.17) is 0 Å². The van der Waals surface area contributed by atoms with Gasteiger partial charge in [-0.1, -0.05) is 73.9 Å². The fourth-order valence-corrected chi connectivity index (χ4v) is 16.4. The third-order valence-electron chi connectivity index (χ3n) is 6.82. The van der Waals surface area contributed by atoms with Gasteiger partial charge in [-0.15, -0.1) is 45.3 Å². The fraction of sp³-hybridized carbons (Fsp3) is 0.214. The Balaban J connectivity index is 1.47. The van der Waals surface area contributed by atoms with E-state index in [-0.39, 0.29) is 0 Å². The highest BCUT2D eigenvalue weighted by molar-refractivity contribution is 9.11. The van der Waals surface area contributed by atoms with Crippen molar-refractivity contribution < 1.29 is 0 Å². The number of fused-ring (bicyclic) bond motifs is 3.